The van der Waals surface area contributed by atoms with Crippen molar-refractivity contribution in [1.82, 2.24) is 0 Å². The van der Waals surface area contributed by atoms with Crippen LogP contribution in [-0.4, -0.2) is 0 Å². The van der Waals surface area contributed by atoms with Gasteiger partial charge in [-0.25, -0.2) is 8.78 Å². The molecule has 1 aliphatic heterocycles. The van der Waals surface area contributed by atoms with Gasteiger partial charge in [-0.3, -0.25) is 0 Å². The van der Waals surface area contributed by atoms with E-state index in [0.717, 1.165) is 55.2 Å². The normalized spacial score (nSPS) is 25.2. The van der Waals surface area contributed by atoms with Crippen LogP contribution in [0.5, 0.6) is 5.75 Å². The Labute approximate surface area is 153 Å². The zero-order chi connectivity index (χ0) is 18.1. The van der Waals surface area contributed by atoms with E-state index >= 15 is 0 Å². The van der Waals surface area contributed by atoms with E-state index in [-0.39, 0.29) is 17.7 Å². The van der Waals surface area contributed by atoms with Crippen LogP contribution in [0.25, 0.3) is 0 Å². The number of aryl methyl sites for hydroxylation is 1. The molecule has 2 aliphatic rings. The largest absolute Gasteiger partial charge is 0.482 e. The molecule has 2 aromatic rings. The van der Waals surface area contributed by atoms with E-state index in [1.165, 1.54) is 12.1 Å². The Bertz CT molecular complexity index is 789. The third-order valence-electron chi connectivity index (χ3n) is 5.90. The van der Waals surface area contributed by atoms with Gasteiger partial charge >= 0.3 is 0 Å². The Hall–Kier alpha value is -2.16. The lowest BCUT2D eigenvalue weighted by atomic mass is 9.78. The number of benzene rings is 2. The van der Waals surface area contributed by atoms with Gasteiger partial charge in [-0.1, -0.05) is 24.3 Å². The zero-order valence-electron chi connectivity index (χ0n) is 14.9. The smallest absolute Gasteiger partial charge is 0.165 e. The average molecular weight is 354 g/mol. The number of hydrogen-bond donors (Lipinski definition) is 0. The van der Waals surface area contributed by atoms with Gasteiger partial charge in [0, 0.05) is 0 Å². The number of halogens is 2. The summed E-state index contributed by atoms with van der Waals surface area (Å²) in [6.45, 7) is 3.89. The van der Waals surface area contributed by atoms with Crippen LogP contribution in [0, 0.1) is 17.6 Å². The Morgan fingerprint density at radius 3 is 2.35 bits per heavy atom. The summed E-state index contributed by atoms with van der Waals surface area (Å²) in [4.78, 5) is 0. The lowest BCUT2D eigenvalue weighted by Crippen LogP contribution is -2.18. The van der Waals surface area contributed by atoms with Crippen molar-refractivity contribution >= 4 is 0 Å². The third-order valence-corrected chi connectivity index (χ3v) is 5.90. The van der Waals surface area contributed by atoms with Gasteiger partial charge in [0.05, 0.1) is 0 Å². The van der Waals surface area contributed by atoms with Gasteiger partial charge in [-0.15, -0.1) is 6.58 Å². The Balaban J connectivity index is 1.53. The molecule has 2 aromatic carbocycles. The molecular weight excluding hydrogens is 330 g/mol. The lowest BCUT2D eigenvalue weighted by Gasteiger charge is -2.30. The average Bonchev–Trinajstić information content (AvgIpc) is 2.68. The molecule has 4 rings (SSSR count). The van der Waals surface area contributed by atoms with E-state index in [4.69, 9.17) is 4.74 Å². The molecule has 1 saturated carbocycles. The fraction of sp³-hybridized carbons (Fsp3) is 0.391. The van der Waals surface area contributed by atoms with E-state index in [1.54, 1.807) is 18.2 Å². The SMILES string of the molecule is C=CC1CCC(c2cc(F)c3c(c2)CCC(c2ccc(F)cc2)O3)CC1. The first-order chi connectivity index (χ1) is 12.6. The van der Waals surface area contributed by atoms with Crippen LogP contribution in [-0.2, 0) is 6.42 Å². The molecule has 0 N–H and O–H groups in total. The van der Waals surface area contributed by atoms with Gasteiger partial charge in [0.15, 0.2) is 11.6 Å². The second-order valence-electron chi connectivity index (χ2n) is 7.54. The third kappa shape index (κ3) is 3.40. The maximum atomic E-state index is 14.8. The van der Waals surface area contributed by atoms with Crippen molar-refractivity contribution in [1.29, 1.82) is 0 Å². The van der Waals surface area contributed by atoms with Crippen LogP contribution in [0.3, 0.4) is 0 Å². The summed E-state index contributed by atoms with van der Waals surface area (Å²) >= 11 is 0. The predicted molar refractivity (Wildman–Crippen MR) is 99.4 cm³/mol. The summed E-state index contributed by atoms with van der Waals surface area (Å²) in [6, 6.07) is 10.1. The van der Waals surface area contributed by atoms with E-state index in [1.807, 2.05) is 6.08 Å². The Morgan fingerprint density at radius 2 is 1.65 bits per heavy atom. The first-order valence-electron chi connectivity index (χ1n) is 9.51. The van der Waals surface area contributed by atoms with Crippen LogP contribution >= 0.6 is 0 Å². The topological polar surface area (TPSA) is 9.23 Å². The molecule has 0 bridgehead atoms. The standard InChI is InChI=1S/C23H24F2O/c1-2-15-3-5-16(6-4-15)19-13-18-9-12-22(26-23(18)21(25)14-19)17-7-10-20(24)11-8-17/h2,7-8,10-11,13-16,22H,1,3-6,9,12H2. The van der Waals surface area contributed by atoms with Crippen molar-refractivity contribution in [2.24, 2.45) is 5.92 Å². The van der Waals surface area contributed by atoms with Crippen LogP contribution in [0.2, 0.25) is 0 Å². The summed E-state index contributed by atoms with van der Waals surface area (Å²) in [5.41, 5.74) is 2.96. The molecule has 0 radical (unpaired) electrons. The lowest BCUT2D eigenvalue weighted by molar-refractivity contribution is 0.167. The molecule has 26 heavy (non-hydrogen) atoms. The highest BCUT2D eigenvalue weighted by Gasteiger charge is 2.27. The molecule has 1 heterocycles. The number of allylic oxidation sites excluding steroid dienone is 1. The maximum absolute atomic E-state index is 14.8. The number of rotatable bonds is 3. The number of fused-ring (bicyclic) bond motifs is 1. The summed E-state index contributed by atoms with van der Waals surface area (Å²) in [5.74, 6) is 0.866. The molecule has 0 aromatic heterocycles. The van der Waals surface area contributed by atoms with E-state index in [9.17, 15) is 8.78 Å². The van der Waals surface area contributed by atoms with Crippen molar-refractivity contribution in [3.8, 4) is 5.75 Å². The van der Waals surface area contributed by atoms with Crippen molar-refractivity contribution in [3.63, 3.8) is 0 Å². The fourth-order valence-corrected chi connectivity index (χ4v) is 4.32. The highest BCUT2D eigenvalue weighted by atomic mass is 19.1. The molecule has 1 atom stereocenters. The zero-order valence-corrected chi connectivity index (χ0v) is 14.9. The highest BCUT2D eigenvalue weighted by Crippen LogP contribution is 2.42. The summed E-state index contributed by atoms with van der Waals surface area (Å²) < 4.78 is 33.9. The molecule has 1 fully saturated rings. The molecule has 0 spiro atoms. The van der Waals surface area contributed by atoms with Crippen LogP contribution in [0.4, 0.5) is 8.78 Å². The van der Waals surface area contributed by atoms with Gasteiger partial charge in [0.2, 0.25) is 0 Å². The Morgan fingerprint density at radius 1 is 0.923 bits per heavy atom. The van der Waals surface area contributed by atoms with E-state index in [0.29, 0.717) is 17.6 Å². The first kappa shape index (κ1) is 17.3. The number of ether oxygens (including phenoxy) is 1. The highest BCUT2D eigenvalue weighted by molar-refractivity contribution is 5.42. The van der Waals surface area contributed by atoms with Gasteiger partial charge in [0.1, 0.15) is 11.9 Å². The first-order valence-corrected chi connectivity index (χ1v) is 9.51. The minimum atomic E-state index is -0.271. The van der Waals surface area contributed by atoms with Crippen LogP contribution in [0.15, 0.2) is 49.1 Å². The minimum Gasteiger partial charge on any atom is -0.482 e. The van der Waals surface area contributed by atoms with Crippen molar-refractivity contribution in [3.05, 3.63) is 77.4 Å². The molecule has 1 nitrogen and oxygen atoms in total. The molecule has 136 valence electrons. The van der Waals surface area contributed by atoms with Crippen molar-refractivity contribution in [2.75, 3.05) is 0 Å². The van der Waals surface area contributed by atoms with E-state index in [2.05, 4.69) is 12.6 Å². The molecule has 1 unspecified atom stereocenters. The second kappa shape index (κ2) is 7.22. The quantitative estimate of drug-likeness (QED) is 0.572. The van der Waals surface area contributed by atoms with Gasteiger partial charge < -0.3 is 4.74 Å². The van der Waals surface area contributed by atoms with Crippen molar-refractivity contribution < 1.29 is 13.5 Å². The molecule has 0 amide bonds. The summed E-state index contributed by atoms with van der Waals surface area (Å²) in [7, 11) is 0. The maximum Gasteiger partial charge on any atom is 0.165 e. The molecule has 1 aliphatic carbocycles. The van der Waals surface area contributed by atoms with Gasteiger partial charge in [0.25, 0.3) is 0 Å². The predicted octanol–water partition coefficient (Wildman–Crippen LogP) is 6.49. The monoisotopic (exact) mass is 354 g/mol. The van der Waals surface area contributed by atoms with Gasteiger partial charge in [-0.2, -0.15) is 0 Å². The number of hydrogen-bond acceptors (Lipinski definition) is 1. The fourth-order valence-electron chi connectivity index (χ4n) is 4.32. The van der Waals surface area contributed by atoms with E-state index < -0.39 is 0 Å². The Kier molecular flexibility index (Phi) is 4.80. The molecular formula is C23H24F2O. The molecule has 3 heteroatoms. The van der Waals surface area contributed by atoms with Gasteiger partial charge in [-0.05, 0) is 85.3 Å². The summed E-state index contributed by atoms with van der Waals surface area (Å²) in [5, 5.41) is 0. The summed E-state index contributed by atoms with van der Waals surface area (Å²) in [6.07, 6.45) is 7.85. The second-order valence-corrected chi connectivity index (χ2v) is 7.54. The minimum absolute atomic E-state index is 0.216. The van der Waals surface area contributed by atoms with Crippen molar-refractivity contribution in [2.45, 2.75) is 50.5 Å². The van der Waals surface area contributed by atoms with Crippen LogP contribution in [0.1, 0.15) is 60.8 Å². The molecule has 0 saturated heterocycles. The van der Waals surface area contributed by atoms with Crippen LogP contribution < -0.4 is 4.74 Å².